The first kappa shape index (κ1) is 40.9. The van der Waals surface area contributed by atoms with Crippen molar-refractivity contribution in [3.63, 3.8) is 0 Å². The number of aromatic nitrogens is 2. The molecule has 306 valence electrons. The number of aromatic hydroxyl groups is 1. The fourth-order valence-electron chi connectivity index (χ4n) is 8.88. The van der Waals surface area contributed by atoms with Crippen LogP contribution >= 0.6 is 0 Å². The smallest absolute Gasteiger partial charge is 0.248 e. The van der Waals surface area contributed by atoms with E-state index in [1.807, 2.05) is 11.1 Å². The van der Waals surface area contributed by atoms with Crippen LogP contribution in [0.2, 0.25) is 0 Å². The Labute approximate surface area is 336 Å². The molecular formula is C45H60N6O6. The molecule has 1 saturated carbocycles. The summed E-state index contributed by atoms with van der Waals surface area (Å²) in [6.07, 6.45) is 9.56. The number of carbonyl (C=O) groups excluding carboxylic acids is 1. The molecule has 1 spiro atoms. The number of rotatable bonds is 17. The zero-order valence-electron chi connectivity index (χ0n) is 33.5. The largest absolute Gasteiger partial charge is 0.506 e. The number of ether oxygens (including phenoxy) is 2. The van der Waals surface area contributed by atoms with Crippen molar-refractivity contribution < 1.29 is 24.5 Å². The summed E-state index contributed by atoms with van der Waals surface area (Å²) in [5, 5.41) is 25.0. The molecule has 1 amide bonds. The van der Waals surface area contributed by atoms with Gasteiger partial charge in [0.15, 0.2) is 0 Å². The van der Waals surface area contributed by atoms with Crippen molar-refractivity contribution in [3.8, 4) is 5.75 Å². The van der Waals surface area contributed by atoms with Gasteiger partial charge in [0.1, 0.15) is 11.6 Å². The fourth-order valence-corrected chi connectivity index (χ4v) is 8.88. The predicted octanol–water partition coefficient (Wildman–Crippen LogP) is 5.11. The van der Waals surface area contributed by atoms with Crippen molar-refractivity contribution in [2.24, 2.45) is 0 Å². The maximum absolute atomic E-state index is 13.5. The first-order valence-corrected chi connectivity index (χ1v) is 21.0. The van der Waals surface area contributed by atoms with Crippen LogP contribution in [0, 0.1) is 0 Å². The van der Waals surface area contributed by atoms with E-state index in [9.17, 15) is 19.8 Å². The lowest BCUT2D eigenvalue weighted by molar-refractivity contribution is -0.134. The molecule has 57 heavy (non-hydrogen) atoms. The fraction of sp³-hybridized carbons (Fsp3) is 0.533. The van der Waals surface area contributed by atoms with Gasteiger partial charge in [-0.2, -0.15) is 0 Å². The highest BCUT2D eigenvalue weighted by atomic mass is 16.5. The summed E-state index contributed by atoms with van der Waals surface area (Å²) in [7, 11) is 0. The number of piperidine rings is 1. The van der Waals surface area contributed by atoms with Gasteiger partial charge in [0, 0.05) is 76.0 Å². The van der Waals surface area contributed by atoms with E-state index in [4.69, 9.17) is 9.47 Å². The van der Waals surface area contributed by atoms with E-state index < -0.39 is 6.10 Å². The number of anilines is 1. The zero-order chi connectivity index (χ0) is 39.6. The van der Waals surface area contributed by atoms with Crippen LogP contribution in [0.25, 0.3) is 10.9 Å². The third kappa shape index (κ3) is 10.6. The minimum Gasteiger partial charge on any atom is -0.506 e. The number of nitrogens with one attached hydrogen (secondary N) is 2. The second kappa shape index (κ2) is 19.4. The summed E-state index contributed by atoms with van der Waals surface area (Å²) in [6.45, 7) is 9.98. The number of likely N-dealkylation sites (tertiary alicyclic amines) is 1. The summed E-state index contributed by atoms with van der Waals surface area (Å²) in [5.41, 5.74) is 4.38. The monoisotopic (exact) mass is 780 g/mol. The number of aryl methyl sites for hydroxylation is 1. The lowest BCUT2D eigenvalue weighted by Gasteiger charge is -2.47. The van der Waals surface area contributed by atoms with E-state index in [-0.39, 0.29) is 35.4 Å². The Morgan fingerprint density at radius 3 is 2.70 bits per heavy atom. The second-order valence-corrected chi connectivity index (χ2v) is 16.1. The van der Waals surface area contributed by atoms with E-state index in [0.29, 0.717) is 49.2 Å². The number of aliphatic hydroxyl groups excluding tert-OH is 1. The van der Waals surface area contributed by atoms with E-state index in [0.717, 1.165) is 96.5 Å². The Hall–Kier alpha value is -4.33. The van der Waals surface area contributed by atoms with Crippen molar-refractivity contribution >= 4 is 22.6 Å². The third-order valence-electron chi connectivity index (χ3n) is 12.2. The first-order chi connectivity index (χ1) is 27.8. The van der Waals surface area contributed by atoms with Gasteiger partial charge in [-0.3, -0.25) is 14.5 Å². The molecule has 7 rings (SSSR count). The average Bonchev–Trinajstić information content (AvgIpc) is 3.77. The molecule has 2 aliphatic heterocycles. The number of amides is 1. The summed E-state index contributed by atoms with van der Waals surface area (Å²) in [5.74, 6) is 1.14. The van der Waals surface area contributed by atoms with Crippen LogP contribution in [-0.2, 0) is 33.7 Å². The minimum atomic E-state index is -0.850. The molecule has 12 heteroatoms. The highest BCUT2D eigenvalue weighted by Gasteiger charge is 2.40. The number of nitrogens with zero attached hydrogens (tertiary/aromatic N) is 4. The number of phenols is 1. The number of hydrogen-bond donors (Lipinski definition) is 4. The molecule has 3 aliphatic rings. The van der Waals surface area contributed by atoms with Crippen LogP contribution in [0.5, 0.6) is 5.75 Å². The highest BCUT2D eigenvalue weighted by Crippen LogP contribution is 2.33. The number of fused-ring (bicyclic) bond motifs is 1. The normalized spacial score (nSPS) is 18.0. The number of pyridine rings is 2. The lowest BCUT2D eigenvalue weighted by Crippen LogP contribution is -2.57. The van der Waals surface area contributed by atoms with Gasteiger partial charge in [-0.05, 0) is 85.0 Å². The molecule has 2 aromatic carbocycles. The van der Waals surface area contributed by atoms with Gasteiger partial charge < -0.3 is 39.8 Å². The van der Waals surface area contributed by atoms with Crippen molar-refractivity contribution in [2.75, 3.05) is 70.5 Å². The maximum Gasteiger partial charge on any atom is 0.248 e. The molecule has 4 aromatic rings. The Kier molecular flexibility index (Phi) is 13.9. The molecule has 2 saturated heterocycles. The average molecular weight is 781 g/mol. The van der Waals surface area contributed by atoms with E-state index >= 15 is 0 Å². The molecule has 4 heterocycles. The van der Waals surface area contributed by atoms with E-state index in [1.54, 1.807) is 12.1 Å². The Balaban J connectivity index is 0.819. The Morgan fingerprint density at radius 1 is 1.05 bits per heavy atom. The second-order valence-electron chi connectivity index (χ2n) is 16.1. The van der Waals surface area contributed by atoms with Gasteiger partial charge in [-0.1, -0.05) is 50.1 Å². The molecule has 0 bridgehead atoms. The number of aromatic amines is 1. The SMILES string of the molecule is CCc1ccnc(N2CCOC3(CCN(Cc4cccc(CCOCCC(=O)N(CCNC[C@H](O)c5ccc(O)c6[nH]c(=O)ccc56)C5CCCC5)c4)CC3)C2)c1. The van der Waals surface area contributed by atoms with Crippen LogP contribution in [-0.4, -0.2) is 113 Å². The van der Waals surface area contributed by atoms with Crippen LogP contribution in [0.4, 0.5) is 5.82 Å². The first-order valence-electron chi connectivity index (χ1n) is 21.0. The zero-order valence-corrected chi connectivity index (χ0v) is 33.5. The Morgan fingerprint density at radius 2 is 1.88 bits per heavy atom. The molecule has 2 aromatic heterocycles. The van der Waals surface area contributed by atoms with Gasteiger partial charge >= 0.3 is 0 Å². The van der Waals surface area contributed by atoms with Gasteiger partial charge in [-0.15, -0.1) is 0 Å². The quantitative estimate of drug-likeness (QED) is 0.107. The van der Waals surface area contributed by atoms with Gasteiger partial charge in [-0.25, -0.2) is 4.98 Å². The van der Waals surface area contributed by atoms with Crippen LogP contribution in [0.3, 0.4) is 0 Å². The minimum absolute atomic E-state index is 0.0389. The topological polar surface area (TPSA) is 143 Å². The highest BCUT2D eigenvalue weighted by molar-refractivity contribution is 5.87. The predicted molar refractivity (Wildman–Crippen MR) is 223 cm³/mol. The molecule has 0 unspecified atom stereocenters. The summed E-state index contributed by atoms with van der Waals surface area (Å²) in [6, 6.07) is 19.5. The molecule has 1 atom stereocenters. The molecule has 0 radical (unpaired) electrons. The third-order valence-corrected chi connectivity index (χ3v) is 12.2. The molecule has 3 fully saturated rings. The maximum atomic E-state index is 13.5. The van der Waals surface area contributed by atoms with E-state index in [2.05, 4.69) is 68.4 Å². The van der Waals surface area contributed by atoms with Crippen molar-refractivity contribution in [2.45, 2.75) is 89.0 Å². The van der Waals surface area contributed by atoms with E-state index in [1.165, 1.54) is 28.8 Å². The summed E-state index contributed by atoms with van der Waals surface area (Å²) < 4.78 is 12.5. The number of H-pyrrole nitrogens is 1. The summed E-state index contributed by atoms with van der Waals surface area (Å²) >= 11 is 0. The standard InChI is InChI=1S/C45H60N6O6/c1-2-33-14-19-47-41(29-33)50-24-27-57-45(32-50)17-21-49(22-18-45)31-35-7-5-6-34(28-35)15-25-56-26-16-43(55)51(36-8-3-4-9-36)23-20-46-30-40(53)37-10-12-39(52)44-38(37)11-13-42(54)48-44/h5-7,10-14,19,28-29,36,40,46,52-53H,2-4,8-9,15-18,20-27,30-32H2,1H3,(H,48,54)/t40-/m0/s1. The Bertz CT molecular complexity index is 1990. The van der Waals surface area contributed by atoms with Crippen molar-refractivity contribution in [1.82, 2.24) is 25.1 Å². The number of morpholine rings is 1. The number of carbonyl (C=O) groups is 1. The van der Waals surface area contributed by atoms with Crippen LogP contribution in [0.15, 0.2) is 71.7 Å². The number of hydrogen-bond acceptors (Lipinski definition) is 10. The van der Waals surface area contributed by atoms with Crippen LogP contribution in [0.1, 0.15) is 80.2 Å². The summed E-state index contributed by atoms with van der Waals surface area (Å²) in [4.78, 5) is 39.5. The number of aliphatic hydroxyl groups is 1. The molecule has 12 nitrogen and oxygen atoms in total. The van der Waals surface area contributed by atoms with Crippen molar-refractivity contribution in [3.05, 3.63) is 99.5 Å². The molecule has 1 aliphatic carbocycles. The van der Waals surface area contributed by atoms with Gasteiger partial charge in [0.25, 0.3) is 0 Å². The van der Waals surface area contributed by atoms with Crippen LogP contribution < -0.4 is 15.8 Å². The lowest BCUT2D eigenvalue weighted by atomic mass is 9.89. The van der Waals surface area contributed by atoms with Gasteiger partial charge in [0.05, 0.1) is 43.5 Å². The van der Waals surface area contributed by atoms with Gasteiger partial charge in [0.2, 0.25) is 11.5 Å². The molecular weight excluding hydrogens is 721 g/mol. The number of benzene rings is 2. The van der Waals surface area contributed by atoms with Crippen molar-refractivity contribution in [1.29, 1.82) is 0 Å². The number of phenolic OH excluding ortho intramolecular Hbond substituents is 1. The molecule has 4 N–H and O–H groups in total.